The van der Waals surface area contributed by atoms with Crippen molar-refractivity contribution in [1.29, 1.82) is 0 Å². The summed E-state index contributed by atoms with van der Waals surface area (Å²) in [5, 5.41) is 2.86. The number of nitrogens with one attached hydrogen (secondary N) is 1. The van der Waals surface area contributed by atoms with Gasteiger partial charge >= 0.3 is 5.97 Å². The molecule has 6 nitrogen and oxygen atoms in total. The van der Waals surface area contributed by atoms with Crippen LogP contribution in [0.15, 0.2) is 53.5 Å². The predicted molar refractivity (Wildman–Crippen MR) is 110 cm³/mol. The zero-order valence-electron chi connectivity index (χ0n) is 16.7. The number of nitrogens with zero attached hydrogens (tertiary/aromatic N) is 2. The van der Waals surface area contributed by atoms with Gasteiger partial charge in [-0.3, -0.25) is 14.9 Å². The van der Waals surface area contributed by atoms with Gasteiger partial charge in [0.1, 0.15) is 6.04 Å². The largest absolute Gasteiger partial charge is 0.465 e. The Kier molecular flexibility index (Phi) is 5.34. The number of rotatable bonds is 3. The van der Waals surface area contributed by atoms with Crippen LogP contribution in [0.25, 0.3) is 0 Å². The number of hydrogen-bond donors (Lipinski definition) is 1. The van der Waals surface area contributed by atoms with Crippen molar-refractivity contribution in [2.24, 2.45) is 10.9 Å². The van der Waals surface area contributed by atoms with Crippen molar-refractivity contribution in [3.8, 4) is 0 Å². The van der Waals surface area contributed by atoms with Gasteiger partial charge in [0.25, 0.3) is 0 Å². The quantitative estimate of drug-likeness (QED) is 0.645. The Balaban J connectivity index is 1.69. The fraction of sp³-hybridized carbons (Fsp3) is 0.348. The molecule has 0 unspecified atom stereocenters. The summed E-state index contributed by atoms with van der Waals surface area (Å²) in [6.07, 6.45) is 0.890. The van der Waals surface area contributed by atoms with Gasteiger partial charge in [-0.1, -0.05) is 54.1 Å². The van der Waals surface area contributed by atoms with Crippen molar-refractivity contribution in [2.45, 2.75) is 32.9 Å². The van der Waals surface area contributed by atoms with E-state index in [0.717, 1.165) is 24.1 Å². The minimum Gasteiger partial charge on any atom is -0.465 e. The van der Waals surface area contributed by atoms with E-state index >= 15 is 0 Å². The molecule has 6 heteroatoms. The smallest absolute Gasteiger partial charge is 0.321 e. The Morgan fingerprint density at radius 2 is 2.00 bits per heavy atom. The summed E-state index contributed by atoms with van der Waals surface area (Å²) >= 11 is 0. The lowest BCUT2D eigenvalue weighted by atomic mass is 9.90. The van der Waals surface area contributed by atoms with Crippen molar-refractivity contribution < 1.29 is 14.3 Å². The van der Waals surface area contributed by atoms with Crippen molar-refractivity contribution in [3.05, 3.63) is 70.8 Å². The highest BCUT2D eigenvalue weighted by Crippen LogP contribution is 2.32. The average Bonchev–Trinajstić information content (AvgIpc) is 2.73. The first-order valence-corrected chi connectivity index (χ1v) is 10.0. The number of esters is 1. The van der Waals surface area contributed by atoms with Crippen LogP contribution < -0.4 is 5.32 Å². The fourth-order valence-corrected chi connectivity index (χ4v) is 4.00. The monoisotopic (exact) mass is 391 g/mol. The average molecular weight is 391 g/mol. The van der Waals surface area contributed by atoms with Crippen LogP contribution in [0, 0.1) is 12.8 Å². The van der Waals surface area contributed by atoms with E-state index in [-0.39, 0.29) is 12.5 Å². The van der Waals surface area contributed by atoms with Gasteiger partial charge in [0.05, 0.1) is 6.61 Å². The molecule has 0 fully saturated rings. The SMILES string of the molecule is CCOC(=O)[C@H]1C(=O)NC(N2CCc3ccccc3C2)=N[C@@H]1c1cccc(C)c1. The number of ether oxygens (including phenoxy) is 1. The Morgan fingerprint density at radius 1 is 1.21 bits per heavy atom. The Bertz CT molecular complexity index is 969. The highest BCUT2D eigenvalue weighted by molar-refractivity contribution is 6.08. The molecular weight excluding hydrogens is 366 g/mol. The first-order chi connectivity index (χ1) is 14.1. The molecule has 0 radical (unpaired) electrons. The number of aliphatic imine (C=N–C) groups is 1. The molecule has 0 aliphatic carbocycles. The molecule has 1 N–H and O–H groups in total. The Hall–Kier alpha value is -3.15. The van der Waals surface area contributed by atoms with Crippen molar-refractivity contribution >= 4 is 17.8 Å². The third-order valence-electron chi connectivity index (χ3n) is 5.45. The number of benzene rings is 2. The minimum atomic E-state index is -0.988. The zero-order valence-corrected chi connectivity index (χ0v) is 16.7. The molecule has 2 aliphatic heterocycles. The molecular formula is C23H25N3O3. The maximum absolute atomic E-state index is 13.0. The molecule has 2 aliphatic rings. The second kappa shape index (κ2) is 8.07. The number of hydrogen-bond acceptors (Lipinski definition) is 5. The van der Waals surface area contributed by atoms with Crippen LogP contribution >= 0.6 is 0 Å². The molecule has 2 aromatic carbocycles. The summed E-state index contributed by atoms with van der Waals surface area (Å²) < 4.78 is 5.18. The number of carbonyl (C=O) groups is 2. The van der Waals surface area contributed by atoms with E-state index in [4.69, 9.17) is 9.73 Å². The van der Waals surface area contributed by atoms with Crippen LogP contribution in [-0.4, -0.2) is 35.9 Å². The summed E-state index contributed by atoms with van der Waals surface area (Å²) in [7, 11) is 0. The molecule has 0 saturated carbocycles. The van der Waals surface area contributed by atoms with Gasteiger partial charge in [0.15, 0.2) is 5.92 Å². The van der Waals surface area contributed by atoms with Crippen LogP contribution in [0.1, 0.15) is 35.2 Å². The van der Waals surface area contributed by atoms with Gasteiger partial charge in [-0.05, 0) is 37.0 Å². The normalized spacial score (nSPS) is 21.1. The van der Waals surface area contributed by atoms with Gasteiger partial charge in [-0.25, -0.2) is 4.99 Å². The van der Waals surface area contributed by atoms with Gasteiger partial charge in [0, 0.05) is 13.1 Å². The van der Waals surface area contributed by atoms with Crippen LogP contribution in [-0.2, 0) is 27.3 Å². The highest BCUT2D eigenvalue weighted by atomic mass is 16.5. The zero-order chi connectivity index (χ0) is 20.4. The molecule has 0 aromatic heterocycles. The molecule has 0 spiro atoms. The standard InChI is InChI=1S/C23H25N3O3/c1-3-29-22(28)19-20(17-10-6-7-15(2)13-17)24-23(25-21(19)27)26-12-11-16-8-4-5-9-18(16)14-26/h4-10,13,19-20H,3,11-12,14H2,1-2H3,(H,24,25,27)/t19-,20-/m1/s1. The minimum absolute atomic E-state index is 0.225. The summed E-state index contributed by atoms with van der Waals surface area (Å²) in [5.41, 5.74) is 4.45. The number of carbonyl (C=O) groups excluding carboxylic acids is 2. The van der Waals surface area contributed by atoms with E-state index < -0.39 is 17.9 Å². The van der Waals surface area contributed by atoms with Gasteiger partial charge in [-0.15, -0.1) is 0 Å². The van der Waals surface area contributed by atoms with Crippen molar-refractivity contribution in [2.75, 3.05) is 13.2 Å². The first-order valence-electron chi connectivity index (χ1n) is 10.0. The van der Waals surface area contributed by atoms with E-state index in [2.05, 4.69) is 22.3 Å². The lowest BCUT2D eigenvalue weighted by molar-refractivity contribution is -0.153. The van der Waals surface area contributed by atoms with Gasteiger partial charge in [-0.2, -0.15) is 0 Å². The van der Waals surface area contributed by atoms with Gasteiger partial charge < -0.3 is 9.64 Å². The number of amides is 1. The van der Waals surface area contributed by atoms with Crippen LogP contribution in [0.5, 0.6) is 0 Å². The topological polar surface area (TPSA) is 71.0 Å². The van der Waals surface area contributed by atoms with Crippen molar-refractivity contribution in [1.82, 2.24) is 10.2 Å². The molecule has 2 heterocycles. The number of guanidine groups is 1. The molecule has 0 bridgehead atoms. The lowest BCUT2D eigenvalue weighted by Crippen LogP contribution is -2.53. The molecule has 29 heavy (non-hydrogen) atoms. The summed E-state index contributed by atoms with van der Waals surface area (Å²) in [4.78, 5) is 32.4. The summed E-state index contributed by atoms with van der Waals surface area (Å²) in [6, 6.07) is 15.5. The van der Waals surface area contributed by atoms with Crippen LogP contribution in [0.2, 0.25) is 0 Å². The Morgan fingerprint density at radius 3 is 2.76 bits per heavy atom. The van der Waals surface area contributed by atoms with E-state index in [1.165, 1.54) is 11.1 Å². The highest BCUT2D eigenvalue weighted by Gasteiger charge is 2.42. The third-order valence-corrected chi connectivity index (χ3v) is 5.45. The van der Waals surface area contributed by atoms with Gasteiger partial charge in [0.2, 0.25) is 11.9 Å². The molecule has 2 atom stereocenters. The van der Waals surface area contributed by atoms with Crippen LogP contribution in [0.3, 0.4) is 0 Å². The molecule has 2 aromatic rings. The van der Waals surface area contributed by atoms with Crippen LogP contribution in [0.4, 0.5) is 0 Å². The predicted octanol–water partition coefficient (Wildman–Crippen LogP) is 2.76. The van der Waals surface area contributed by atoms with E-state index in [1.54, 1.807) is 6.92 Å². The molecule has 150 valence electrons. The summed E-state index contributed by atoms with van der Waals surface area (Å²) in [5.74, 6) is -1.36. The summed E-state index contributed by atoms with van der Waals surface area (Å²) in [6.45, 7) is 5.39. The number of aryl methyl sites for hydroxylation is 1. The Labute approximate surface area is 170 Å². The number of fused-ring (bicyclic) bond motifs is 1. The lowest BCUT2D eigenvalue weighted by Gasteiger charge is -2.36. The second-order valence-corrected chi connectivity index (χ2v) is 7.47. The first kappa shape index (κ1) is 19.2. The second-order valence-electron chi connectivity index (χ2n) is 7.47. The third kappa shape index (κ3) is 3.88. The maximum atomic E-state index is 13.0. The van der Waals surface area contributed by atoms with E-state index in [0.29, 0.717) is 12.5 Å². The molecule has 4 rings (SSSR count). The van der Waals surface area contributed by atoms with Crippen molar-refractivity contribution in [3.63, 3.8) is 0 Å². The van der Waals surface area contributed by atoms with E-state index in [1.807, 2.05) is 43.3 Å². The fourth-order valence-electron chi connectivity index (χ4n) is 4.00. The molecule has 1 amide bonds. The molecule has 0 saturated heterocycles. The van der Waals surface area contributed by atoms with E-state index in [9.17, 15) is 9.59 Å². The maximum Gasteiger partial charge on any atom is 0.321 e.